The van der Waals surface area contributed by atoms with E-state index >= 15 is 0 Å². The van der Waals surface area contributed by atoms with Crippen LogP contribution in [0.3, 0.4) is 0 Å². The second-order valence-electron chi connectivity index (χ2n) is 10.3. The predicted octanol–water partition coefficient (Wildman–Crippen LogP) is 9.76. The molecule has 6 aromatic carbocycles. The maximum atomic E-state index is 2.46. The van der Waals surface area contributed by atoms with E-state index in [-0.39, 0.29) is 0 Å². The third-order valence-electron chi connectivity index (χ3n) is 8.14. The van der Waals surface area contributed by atoms with Crippen molar-refractivity contribution in [2.24, 2.45) is 7.05 Å². The molecule has 0 aliphatic carbocycles. The fraction of sp³-hybridized carbons (Fsp3) is 0.0270. The summed E-state index contributed by atoms with van der Waals surface area (Å²) in [5.74, 6) is 0. The zero-order chi connectivity index (χ0) is 25.9. The van der Waals surface area contributed by atoms with E-state index < -0.39 is 0 Å². The molecular formula is C37H26N2. The Kier molecular flexibility index (Phi) is 4.77. The summed E-state index contributed by atoms with van der Waals surface area (Å²) in [6.45, 7) is 0. The molecule has 0 aliphatic rings. The Morgan fingerprint density at radius 3 is 1.82 bits per heavy atom. The molecule has 2 heteroatoms. The number of rotatable bonds is 3. The van der Waals surface area contributed by atoms with Gasteiger partial charge in [0.1, 0.15) is 0 Å². The predicted molar refractivity (Wildman–Crippen MR) is 166 cm³/mol. The molecule has 0 aliphatic heterocycles. The lowest BCUT2D eigenvalue weighted by molar-refractivity contribution is 1.01. The molecule has 0 radical (unpaired) electrons. The third kappa shape index (κ3) is 3.28. The first kappa shape index (κ1) is 22.0. The Hall–Kier alpha value is -5.08. The van der Waals surface area contributed by atoms with Gasteiger partial charge in [-0.05, 0) is 52.6 Å². The molecule has 2 aromatic heterocycles. The van der Waals surface area contributed by atoms with Crippen LogP contribution in [0.1, 0.15) is 0 Å². The fourth-order valence-corrected chi connectivity index (χ4v) is 6.28. The molecule has 0 fully saturated rings. The van der Waals surface area contributed by atoms with Crippen molar-refractivity contribution < 1.29 is 0 Å². The van der Waals surface area contributed by atoms with Gasteiger partial charge >= 0.3 is 0 Å². The molecule has 184 valence electrons. The standard InChI is InChI=1S/C37H26N2/c1-38-33-16-7-6-15-32(33)36-35(38)23-22-31-30-14-5-8-17-34(30)39(37(31)36)29-13-9-12-28(24-29)27-20-18-26(19-21-27)25-10-3-2-4-11-25/h2-24H,1H3. The minimum atomic E-state index is 1.17. The molecule has 0 saturated carbocycles. The van der Waals surface area contributed by atoms with Crippen molar-refractivity contribution in [3.05, 3.63) is 140 Å². The normalized spacial score (nSPS) is 11.7. The largest absolute Gasteiger partial charge is 0.344 e. The molecule has 0 unspecified atom stereocenters. The van der Waals surface area contributed by atoms with Gasteiger partial charge in [0.25, 0.3) is 0 Å². The SMILES string of the molecule is Cn1c2ccccc2c2c1ccc1c3ccccc3n(-c3cccc(-c4ccc(-c5ccccc5)cc4)c3)c12. The van der Waals surface area contributed by atoms with Crippen LogP contribution in [0.15, 0.2) is 140 Å². The van der Waals surface area contributed by atoms with Crippen molar-refractivity contribution in [2.45, 2.75) is 0 Å². The Bertz CT molecular complexity index is 2160. The number of para-hydroxylation sites is 2. The van der Waals surface area contributed by atoms with Gasteiger partial charge in [0.05, 0.1) is 16.6 Å². The van der Waals surface area contributed by atoms with Gasteiger partial charge in [-0.25, -0.2) is 0 Å². The van der Waals surface area contributed by atoms with Crippen molar-refractivity contribution in [3.8, 4) is 27.9 Å². The summed E-state index contributed by atoms with van der Waals surface area (Å²) in [7, 11) is 2.17. The Labute approximate surface area is 227 Å². The van der Waals surface area contributed by atoms with E-state index in [0.717, 1.165) is 0 Å². The van der Waals surface area contributed by atoms with Crippen LogP contribution in [0.4, 0.5) is 0 Å². The highest BCUT2D eigenvalue weighted by Crippen LogP contribution is 2.40. The van der Waals surface area contributed by atoms with Crippen molar-refractivity contribution in [3.63, 3.8) is 0 Å². The second kappa shape index (κ2) is 8.47. The van der Waals surface area contributed by atoms with Crippen LogP contribution < -0.4 is 0 Å². The van der Waals surface area contributed by atoms with Gasteiger partial charge < -0.3 is 9.13 Å². The number of hydrogen-bond donors (Lipinski definition) is 0. The summed E-state index contributed by atoms with van der Waals surface area (Å²) in [4.78, 5) is 0. The molecule has 8 aromatic rings. The molecular weight excluding hydrogens is 472 g/mol. The third-order valence-corrected chi connectivity index (χ3v) is 8.14. The summed E-state index contributed by atoms with van der Waals surface area (Å²) < 4.78 is 4.78. The summed E-state index contributed by atoms with van der Waals surface area (Å²) in [6.07, 6.45) is 0. The van der Waals surface area contributed by atoms with Crippen molar-refractivity contribution >= 4 is 43.6 Å². The molecule has 2 nitrogen and oxygen atoms in total. The first-order chi connectivity index (χ1) is 19.3. The molecule has 0 amide bonds. The highest BCUT2D eigenvalue weighted by Gasteiger charge is 2.19. The molecule has 0 spiro atoms. The zero-order valence-electron chi connectivity index (χ0n) is 21.7. The summed E-state index contributed by atoms with van der Waals surface area (Å²) in [5.41, 5.74) is 11.1. The number of aryl methyl sites for hydroxylation is 1. The summed E-state index contributed by atoms with van der Waals surface area (Å²) in [6, 6.07) is 50.5. The van der Waals surface area contributed by atoms with Gasteiger partial charge in [0.15, 0.2) is 0 Å². The smallest absolute Gasteiger partial charge is 0.0641 e. The minimum Gasteiger partial charge on any atom is -0.344 e. The maximum absolute atomic E-state index is 2.46. The Morgan fingerprint density at radius 1 is 0.410 bits per heavy atom. The lowest BCUT2D eigenvalue weighted by Gasteiger charge is -2.12. The number of aromatic nitrogens is 2. The van der Waals surface area contributed by atoms with Gasteiger partial charge in [-0.3, -0.25) is 0 Å². The number of benzene rings is 6. The van der Waals surface area contributed by atoms with E-state index in [9.17, 15) is 0 Å². The van der Waals surface area contributed by atoms with Crippen LogP contribution in [0.5, 0.6) is 0 Å². The van der Waals surface area contributed by atoms with E-state index in [1.165, 1.54) is 71.6 Å². The van der Waals surface area contributed by atoms with Gasteiger partial charge in [-0.1, -0.05) is 109 Å². The Morgan fingerprint density at radius 2 is 1.03 bits per heavy atom. The van der Waals surface area contributed by atoms with Gasteiger partial charge in [0.2, 0.25) is 0 Å². The van der Waals surface area contributed by atoms with E-state index in [1.807, 2.05) is 0 Å². The van der Waals surface area contributed by atoms with Crippen molar-refractivity contribution in [1.82, 2.24) is 9.13 Å². The highest BCUT2D eigenvalue weighted by atomic mass is 15.0. The number of hydrogen-bond acceptors (Lipinski definition) is 0. The van der Waals surface area contributed by atoms with Crippen LogP contribution >= 0.6 is 0 Å². The number of nitrogens with zero attached hydrogens (tertiary/aromatic N) is 2. The summed E-state index contributed by atoms with van der Waals surface area (Å²) in [5, 5.41) is 5.16. The molecule has 0 saturated heterocycles. The monoisotopic (exact) mass is 498 g/mol. The topological polar surface area (TPSA) is 9.86 Å². The van der Waals surface area contributed by atoms with E-state index in [4.69, 9.17) is 0 Å². The van der Waals surface area contributed by atoms with Crippen molar-refractivity contribution in [1.29, 1.82) is 0 Å². The van der Waals surface area contributed by atoms with Crippen LogP contribution in [0.25, 0.3) is 71.6 Å². The van der Waals surface area contributed by atoms with E-state index in [2.05, 4.69) is 156 Å². The Balaban J connectivity index is 1.38. The number of fused-ring (bicyclic) bond motifs is 7. The second-order valence-corrected chi connectivity index (χ2v) is 10.3. The van der Waals surface area contributed by atoms with Gasteiger partial charge in [-0.2, -0.15) is 0 Å². The van der Waals surface area contributed by atoms with Crippen LogP contribution in [0.2, 0.25) is 0 Å². The van der Waals surface area contributed by atoms with Crippen LogP contribution in [-0.4, -0.2) is 9.13 Å². The zero-order valence-corrected chi connectivity index (χ0v) is 21.7. The molecule has 0 bridgehead atoms. The maximum Gasteiger partial charge on any atom is 0.0641 e. The molecule has 0 N–H and O–H groups in total. The molecule has 2 heterocycles. The fourth-order valence-electron chi connectivity index (χ4n) is 6.28. The van der Waals surface area contributed by atoms with Crippen LogP contribution in [0, 0.1) is 0 Å². The first-order valence-corrected chi connectivity index (χ1v) is 13.4. The quantitative estimate of drug-likeness (QED) is 0.229. The molecule has 39 heavy (non-hydrogen) atoms. The lowest BCUT2D eigenvalue weighted by atomic mass is 10.00. The van der Waals surface area contributed by atoms with E-state index in [0.29, 0.717) is 0 Å². The average Bonchev–Trinajstić information content (AvgIpc) is 3.50. The summed E-state index contributed by atoms with van der Waals surface area (Å²) >= 11 is 0. The van der Waals surface area contributed by atoms with E-state index in [1.54, 1.807) is 0 Å². The minimum absolute atomic E-state index is 1.17. The van der Waals surface area contributed by atoms with Crippen LogP contribution in [-0.2, 0) is 7.05 Å². The first-order valence-electron chi connectivity index (χ1n) is 13.4. The molecule has 0 atom stereocenters. The highest BCUT2D eigenvalue weighted by molar-refractivity contribution is 6.25. The van der Waals surface area contributed by atoms with Crippen molar-refractivity contribution in [2.75, 3.05) is 0 Å². The van der Waals surface area contributed by atoms with Gasteiger partial charge in [-0.15, -0.1) is 0 Å². The lowest BCUT2D eigenvalue weighted by Crippen LogP contribution is -1.95. The molecule has 8 rings (SSSR count). The van der Waals surface area contributed by atoms with Gasteiger partial charge in [0, 0.05) is 39.8 Å². The average molecular weight is 499 g/mol.